The molecule has 0 aliphatic carbocycles. The lowest BCUT2D eigenvalue weighted by molar-refractivity contribution is 0.636. The third-order valence-corrected chi connectivity index (χ3v) is 4.42. The molecule has 2 rings (SSSR count). The Morgan fingerprint density at radius 1 is 1.16 bits per heavy atom. The van der Waals surface area contributed by atoms with Crippen molar-refractivity contribution in [2.24, 2.45) is 5.84 Å². The lowest BCUT2D eigenvalue weighted by Crippen LogP contribution is -2.29. The van der Waals surface area contributed by atoms with E-state index >= 15 is 0 Å². The number of hydrazine groups is 1. The summed E-state index contributed by atoms with van der Waals surface area (Å²) in [4.78, 5) is 0. The number of hydrogen-bond acceptors (Lipinski definition) is 2. The van der Waals surface area contributed by atoms with Crippen LogP contribution in [-0.4, -0.2) is 0 Å². The molecule has 1 atom stereocenters. The van der Waals surface area contributed by atoms with Gasteiger partial charge in [-0.25, -0.2) is 5.43 Å². The van der Waals surface area contributed by atoms with Gasteiger partial charge in [0.1, 0.15) is 0 Å². The molecule has 3 N–H and O–H groups in total. The predicted molar refractivity (Wildman–Crippen MR) is 84.5 cm³/mol. The number of nitrogens with two attached hydrogens (primary N) is 1. The second kappa shape index (κ2) is 6.25. The molecule has 0 aliphatic heterocycles. The molecule has 19 heavy (non-hydrogen) atoms. The molecular formula is C14H13BrCl2N2. The third kappa shape index (κ3) is 3.30. The number of rotatable bonds is 3. The quantitative estimate of drug-likeness (QED) is 0.620. The fourth-order valence-electron chi connectivity index (χ4n) is 1.95. The van der Waals surface area contributed by atoms with Crippen molar-refractivity contribution in [1.82, 2.24) is 5.43 Å². The van der Waals surface area contributed by atoms with Crippen LogP contribution in [0.2, 0.25) is 10.0 Å². The van der Waals surface area contributed by atoms with Gasteiger partial charge in [-0.15, -0.1) is 0 Å². The van der Waals surface area contributed by atoms with Gasteiger partial charge in [0.25, 0.3) is 0 Å². The molecule has 0 fully saturated rings. The van der Waals surface area contributed by atoms with Crippen LogP contribution in [0.1, 0.15) is 22.7 Å². The van der Waals surface area contributed by atoms with Crippen LogP contribution in [-0.2, 0) is 0 Å². The maximum Gasteiger partial charge on any atom is 0.0725 e. The normalized spacial score (nSPS) is 12.5. The minimum Gasteiger partial charge on any atom is -0.271 e. The number of aryl methyl sites for hydroxylation is 1. The average molecular weight is 360 g/mol. The Kier molecular flexibility index (Phi) is 4.87. The van der Waals surface area contributed by atoms with Crippen LogP contribution in [0.5, 0.6) is 0 Å². The van der Waals surface area contributed by atoms with E-state index in [1.807, 2.05) is 25.1 Å². The van der Waals surface area contributed by atoms with Gasteiger partial charge in [0, 0.05) is 14.5 Å². The zero-order valence-electron chi connectivity index (χ0n) is 10.3. The molecular weight excluding hydrogens is 347 g/mol. The molecule has 2 nitrogen and oxygen atoms in total. The Morgan fingerprint density at radius 3 is 2.53 bits per heavy atom. The van der Waals surface area contributed by atoms with Crippen molar-refractivity contribution < 1.29 is 0 Å². The molecule has 0 spiro atoms. The first kappa shape index (κ1) is 14.8. The Morgan fingerprint density at radius 2 is 1.89 bits per heavy atom. The van der Waals surface area contributed by atoms with Crippen molar-refractivity contribution in [3.05, 3.63) is 67.6 Å². The van der Waals surface area contributed by atoms with Crippen molar-refractivity contribution in [1.29, 1.82) is 0 Å². The highest BCUT2D eigenvalue weighted by molar-refractivity contribution is 9.10. The Hall–Kier alpha value is -0.580. The minimum absolute atomic E-state index is 0.196. The minimum atomic E-state index is -0.196. The highest BCUT2D eigenvalue weighted by Crippen LogP contribution is 2.31. The second-order valence-electron chi connectivity index (χ2n) is 4.27. The van der Waals surface area contributed by atoms with E-state index in [0.29, 0.717) is 10.0 Å². The molecule has 2 aromatic rings. The van der Waals surface area contributed by atoms with Crippen molar-refractivity contribution in [3.63, 3.8) is 0 Å². The zero-order valence-corrected chi connectivity index (χ0v) is 13.4. The van der Waals surface area contributed by atoms with Crippen LogP contribution in [0.15, 0.2) is 40.9 Å². The van der Waals surface area contributed by atoms with E-state index < -0.39 is 0 Å². The van der Waals surface area contributed by atoms with Gasteiger partial charge >= 0.3 is 0 Å². The Labute approximate surface area is 131 Å². The first-order valence-corrected chi connectivity index (χ1v) is 7.25. The topological polar surface area (TPSA) is 38.0 Å². The van der Waals surface area contributed by atoms with E-state index in [-0.39, 0.29) is 6.04 Å². The van der Waals surface area contributed by atoms with E-state index in [0.717, 1.165) is 21.2 Å². The lowest BCUT2D eigenvalue weighted by atomic mass is 9.98. The monoisotopic (exact) mass is 358 g/mol. The predicted octanol–water partition coefficient (Wildman–Crippen LogP) is 4.62. The average Bonchev–Trinajstić information content (AvgIpc) is 2.38. The molecule has 0 amide bonds. The molecule has 1 unspecified atom stereocenters. The van der Waals surface area contributed by atoms with Gasteiger partial charge in [0.05, 0.1) is 6.04 Å². The zero-order chi connectivity index (χ0) is 14.0. The van der Waals surface area contributed by atoms with Crippen LogP contribution in [0.3, 0.4) is 0 Å². The fraction of sp³-hybridized carbons (Fsp3) is 0.143. The first-order valence-electron chi connectivity index (χ1n) is 5.70. The summed E-state index contributed by atoms with van der Waals surface area (Å²) >= 11 is 15.7. The maximum atomic E-state index is 6.23. The van der Waals surface area contributed by atoms with Crippen molar-refractivity contribution in [2.75, 3.05) is 0 Å². The molecule has 0 saturated carbocycles. The van der Waals surface area contributed by atoms with Crippen LogP contribution < -0.4 is 11.3 Å². The number of halogens is 3. The fourth-order valence-corrected chi connectivity index (χ4v) is 2.60. The molecule has 0 saturated heterocycles. The van der Waals surface area contributed by atoms with E-state index in [2.05, 4.69) is 27.4 Å². The van der Waals surface area contributed by atoms with Gasteiger partial charge < -0.3 is 0 Å². The van der Waals surface area contributed by atoms with Crippen LogP contribution in [0, 0.1) is 6.92 Å². The molecule has 0 aliphatic rings. The molecule has 0 heterocycles. The second-order valence-corrected chi connectivity index (χ2v) is 5.97. The molecule has 2 aromatic carbocycles. The summed E-state index contributed by atoms with van der Waals surface area (Å²) in [5.74, 6) is 5.68. The highest BCUT2D eigenvalue weighted by Gasteiger charge is 2.16. The summed E-state index contributed by atoms with van der Waals surface area (Å²) in [6, 6.07) is 11.2. The van der Waals surface area contributed by atoms with Crippen LogP contribution >= 0.6 is 39.1 Å². The summed E-state index contributed by atoms with van der Waals surface area (Å²) < 4.78 is 1.06. The van der Waals surface area contributed by atoms with Gasteiger partial charge in [0.2, 0.25) is 0 Å². The van der Waals surface area contributed by atoms with Crippen LogP contribution in [0.25, 0.3) is 0 Å². The number of hydrogen-bond donors (Lipinski definition) is 2. The van der Waals surface area contributed by atoms with Crippen molar-refractivity contribution in [2.45, 2.75) is 13.0 Å². The standard InChI is InChI=1S/C14H13BrCl2N2/c1-8-6-9(2-4-12(8)15)14(19-18)11-7-10(16)3-5-13(11)17/h2-7,14,19H,18H2,1H3. The molecule has 0 aromatic heterocycles. The highest BCUT2D eigenvalue weighted by atomic mass is 79.9. The smallest absolute Gasteiger partial charge is 0.0725 e. The molecule has 0 radical (unpaired) electrons. The first-order chi connectivity index (χ1) is 9.02. The largest absolute Gasteiger partial charge is 0.271 e. The van der Waals surface area contributed by atoms with E-state index in [9.17, 15) is 0 Å². The lowest BCUT2D eigenvalue weighted by Gasteiger charge is -2.19. The van der Waals surface area contributed by atoms with Gasteiger partial charge in [0.15, 0.2) is 0 Å². The molecule has 0 bridgehead atoms. The molecule has 100 valence electrons. The molecule has 5 heteroatoms. The van der Waals surface area contributed by atoms with E-state index in [1.165, 1.54) is 0 Å². The summed E-state index contributed by atoms with van der Waals surface area (Å²) in [6.45, 7) is 2.03. The van der Waals surface area contributed by atoms with Crippen molar-refractivity contribution >= 4 is 39.1 Å². The van der Waals surface area contributed by atoms with Gasteiger partial charge in [-0.1, -0.05) is 51.3 Å². The van der Waals surface area contributed by atoms with Gasteiger partial charge in [-0.2, -0.15) is 0 Å². The van der Waals surface area contributed by atoms with Gasteiger partial charge in [-0.3, -0.25) is 5.84 Å². The van der Waals surface area contributed by atoms with E-state index in [4.69, 9.17) is 29.0 Å². The summed E-state index contributed by atoms with van der Waals surface area (Å²) in [6.07, 6.45) is 0. The summed E-state index contributed by atoms with van der Waals surface area (Å²) in [5, 5.41) is 1.27. The number of nitrogens with one attached hydrogen (secondary N) is 1. The van der Waals surface area contributed by atoms with Gasteiger partial charge in [-0.05, 0) is 47.9 Å². The summed E-state index contributed by atoms with van der Waals surface area (Å²) in [5.41, 5.74) is 5.82. The van der Waals surface area contributed by atoms with Crippen molar-refractivity contribution in [3.8, 4) is 0 Å². The number of benzene rings is 2. The Bertz CT molecular complexity index is 602. The van der Waals surface area contributed by atoms with E-state index in [1.54, 1.807) is 12.1 Å². The SMILES string of the molecule is Cc1cc(C(NN)c2cc(Cl)ccc2Cl)ccc1Br. The maximum absolute atomic E-state index is 6.23. The van der Waals surface area contributed by atoms with Crippen LogP contribution in [0.4, 0.5) is 0 Å². The summed E-state index contributed by atoms with van der Waals surface area (Å²) in [7, 11) is 0. The third-order valence-electron chi connectivity index (χ3n) is 2.95. The Balaban J connectivity index is 2.49.